The van der Waals surface area contributed by atoms with Crippen molar-refractivity contribution >= 4 is 21.9 Å². The van der Waals surface area contributed by atoms with E-state index in [0.717, 1.165) is 139 Å². The van der Waals surface area contributed by atoms with Crippen molar-refractivity contribution in [2.75, 3.05) is 0 Å². The molecule has 0 amide bonds. The zero-order valence-electron chi connectivity index (χ0n) is 41.7. The number of para-hydroxylation sites is 1. The predicted molar refractivity (Wildman–Crippen MR) is 307 cm³/mol. The van der Waals surface area contributed by atoms with Gasteiger partial charge in [0.05, 0.1) is 0 Å². The summed E-state index contributed by atoms with van der Waals surface area (Å²) in [6, 6.07) is 90.0. The third-order valence-corrected chi connectivity index (χ3v) is 14.1. The number of hydrogen-bond acceptors (Lipinski definition) is 4. The van der Waals surface area contributed by atoms with E-state index in [1.54, 1.807) is 0 Å². The molecule has 5 heteroatoms. The summed E-state index contributed by atoms with van der Waals surface area (Å²) in [7, 11) is 0. The van der Waals surface area contributed by atoms with Gasteiger partial charge in [-0.15, -0.1) is 89.5 Å². The molecule has 0 radical (unpaired) electrons. The molecule has 0 N–H and O–H groups in total. The fourth-order valence-electron chi connectivity index (χ4n) is 10.3. The molecule has 13 aromatic rings. The average Bonchev–Trinajstić information content (AvgIpc) is 3.88. The van der Waals surface area contributed by atoms with E-state index in [1.807, 2.05) is 48.9 Å². The molecular weight excluding hydrogens is 1100 g/mol. The molecule has 0 saturated carbocycles. The van der Waals surface area contributed by atoms with Crippen LogP contribution < -0.4 is 0 Å². The van der Waals surface area contributed by atoms with Crippen LogP contribution in [0.2, 0.25) is 0 Å². The molecule has 9 aromatic carbocycles. The van der Waals surface area contributed by atoms with Gasteiger partial charge in [-0.05, 0) is 130 Å². The van der Waals surface area contributed by atoms with Crippen molar-refractivity contribution in [3.8, 4) is 112 Å². The number of pyridine rings is 3. The minimum atomic E-state index is 0. The molecule has 0 bridgehead atoms. The van der Waals surface area contributed by atoms with Gasteiger partial charge in [-0.25, -0.2) is 0 Å². The molecule has 13 rings (SSSR count). The third-order valence-electron chi connectivity index (χ3n) is 14.1. The van der Waals surface area contributed by atoms with E-state index in [4.69, 9.17) is 9.40 Å². The maximum absolute atomic E-state index is 6.24. The smallest absolute Gasteiger partial charge is 0.456 e. The first-order valence-corrected chi connectivity index (χ1v) is 25.2. The number of benzene rings is 9. The number of furan rings is 1. The Balaban J connectivity index is 0.00000582. The van der Waals surface area contributed by atoms with Crippen LogP contribution in [0.5, 0.6) is 0 Å². The molecule has 0 fully saturated rings. The van der Waals surface area contributed by atoms with Crippen LogP contribution in [0.15, 0.2) is 247 Å². The summed E-state index contributed by atoms with van der Waals surface area (Å²) < 4.78 is 6.24. The summed E-state index contributed by atoms with van der Waals surface area (Å²) in [6.45, 7) is 4.14. The van der Waals surface area contributed by atoms with Gasteiger partial charge in [-0.3, -0.25) is 0 Å². The molecule has 4 heterocycles. The fraction of sp³-hybridized carbons (Fsp3) is 0.0282. The summed E-state index contributed by atoms with van der Waals surface area (Å²) in [4.78, 5) is 14.1. The van der Waals surface area contributed by atoms with E-state index in [-0.39, 0.29) is 20.1 Å². The normalized spacial score (nSPS) is 11.2. The Morgan fingerprint density at radius 2 is 0.763 bits per heavy atom. The molecule has 0 saturated heterocycles. The summed E-state index contributed by atoms with van der Waals surface area (Å²) in [5.74, 6) is 0. The van der Waals surface area contributed by atoms with Crippen molar-refractivity contribution in [3.63, 3.8) is 0 Å². The first-order chi connectivity index (χ1) is 37.0. The van der Waals surface area contributed by atoms with E-state index in [1.165, 1.54) is 5.56 Å². The standard InChI is InChI=1S/C71H46N3O.Ir/c1-46-35-37-72-68(39-46)52-28-22-49(23-29-52)60-12-4-7-15-63(60)57-40-56(62-14-6-3-11-59(62)48-20-26-51(27-21-48)67-34-19-47(2)45-74-67)41-58(42-57)64-16-8-5-13-61(64)50-24-30-53(31-25-50)69-43-55(36-38-73-69)54-32-33-66-65-17-9-10-18-70(65)75-71(66)44-54;/h3-26,28,30,32-45H,1-2H3;/q-3;+3. The number of fused-ring (bicyclic) bond motifs is 3. The molecule has 4 nitrogen and oxygen atoms in total. The second kappa shape index (κ2) is 20.7. The summed E-state index contributed by atoms with van der Waals surface area (Å²) in [6.07, 6.45) is 5.63. The molecule has 0 unspecified atom stereocenters. The summed E-state index contributed by atoms with van der Waals surface area (Å²) in [5, 5.41) is 2.23. The first kappa shape index (κ1) is 47.9. The maximum Gasteiger partial charge on any atom is 3.00 e. The van der Waals surface area contributed by atoms with E-state index < -0.39 is 0 Å². The molecule has 76 heavy (non-hydrogen) atoms. The van der Waals surface area contributed by atoms with E-state index in [9.17, 15) is 0 Å². The second-order valence-electron chi connectivity index (χ2n) is 19.1. The van der Waals surface area contributed by atoms with Crippen LogP contribution in [0.3, 0.4) is 0 Å². The van der Waals surface area contributed by atoms with Gasteiger partial charge in [-0.2, -0.15) is 0 Å². The number of aryl methyl sites for hydroxylation is 2. The van der Waals surface area contributed by atoms with Crippen LogP contribution in [0.25, 0.3) is 134 Å². The Labute approximate surface area is 456 Å². The van der Waals surface area contributed by atoms with Crippen molar-refractivity contribution in [1.82, 2.24) is 15.0 Å². The van der Waals surface area contributed by atoms with Crippen molar-refractivity contribution in [2.45, 2.75) is 13.8 Å². The summed E-state index contributed by atoms with van der Waals surface area (Å²) in [5.41, 5.74) is 24.9. The molecule has 0 atom stereocenters. The Morgan fingerprint density at radius 3 is 1.26 bits per heavy atom. The van der Waals surface area contributed by atoms with Crippen molar-refractivity contribution in [1.29, 1.82) is 0 Å². The molecule has 0 aliphatic heterocycles. The van der Waals surface area contributed by atoms with Crippen molar-refractivity contribution in [2.24, 2.45) is 0 Å². The van der Waals surface area contributed by atoms with Gasteiger partial charge < -0.3 is 19.4 Å². The maximum atomic E-state index is 6.24. The monoisotopic (exact) mass is 1150 g/mol. The zero-order valence-corrected chi connectivity index (χ0v) is 44.1. The third kappa shape index (κ3) is 9.39. The van der Waals surface area contributed by atoms with Gasteiger partial charge >= 0.3 is 20.1 Å². The van der Waals surface area contributed by atoms with Gasteiger partial charge in [0.2, 0.25) is 0 Å². The first-order valence-electron chi connectivity index (χ1n) is 25.2. The molecule has 0 aliphatic rings. The quantitative estimate of drug-likeness (QED) is 0.128. The number of rotatable bonds is 10. The van der Waals surface area contributed by atoms with Crippen LogP contribution >= 0.6 is 0 Å². The molecule has 4 aromatic heterocycles. The number of aromatic nitrogens is 3. The van der Waals surface area contributed by atoms with Gasteiger partial charge in [-0.1, -0.05) is 160 Å². The van der Waals surface area contributed by atoms with Gasteiger partial charge in [0.25, 0.3) is 0 Å². The van der Waals surface area contributed by atoms with E-state index in [2.05, 4.69) is 236 Å². The molecule has 0 aliphatic carbocycles. The molecule has 360 valence electrons. The van der Waals surface area contributed by atoms with Gasteiger partial charge in [0.15, 0.2) is 0 Å². The Morgan fingerprint density at radius 1 is 0.316 bits per heavy atom. The van der Waals surface area contributed by atoms with E-state index in [0.29, 0.717) is 0 Å². The Kier molecular flexibility index (Phi) is 13.0. The number of nitrogens with zero attached hydrogens (tertiary/aromatic N) is 3. The average molecular weight is 1150 g/mol. The summed E-state index contributed by atoms with van der Waals surface area (Å²) >= 11 is 0. The SMILES string of the molecule is Cc1ccc(-c2[c-]cc(-c3ccccc3-c3cc(-c4ccccc4-c4c[c-]c(-c5cc(C)ccn5)cc4)cc(-c4ccccc4-c4c[c-]c(-c5cc(-c6ccc7c(c6)oc6ccccc67)ccn5)cc4)c3)cc2)nc1.[Ir+3]. The largest absolute Gasteiger partial charge is 3.00 e. The molecule has 0 spiro atoms. The number of hydrogen-bond donors (Lipinski definition) is 0. The van der Waals surface area contributed by atoms with Gasteiger partial charge in [0, 0.05) is 29.4 Å². The van der Waals surface area contributed by atoms with Crippen LogP contribution in [0.4, 0.5) is 0 Å². The van der Waals surface area contributed by atoms with Crippen molar-refractivity contribution < 1.29 is 24.5 Å². The van der Waals surface area contributed by atoms with Crippen LogP contribution in [0.1, 0.15) is 11.1 Å². The van der Waals surface area contributed by atoms with Gasteiger partial charge in [0.1, 0.15) is 11.2 Å². The van der Waals surface area contributed by atoms with Crippen LogP contribution in [0, 0.1) is 32.0 Å². The Bertz CT molecular complexity index is 4240. The molecular formula is C71H46IrN3O. The topological polar surface area (TPSA) is 51.8 Å². The predicted octanol–water partition coefficient (Wildman–Crippen LogP) is 18.5. The van der Waals surface area contributed by atoms with Crippen LogP contribution in [-0.2, 0) is 20.1 Å². The van der Waals surface area contributed by atoms with Crippen molar-refractivity contribution in [3.05, 3.63) is 272 Å². The Hall–Kier alpha value is -9.12. The zero-order chi connectivity index (χ0) is 50.2. The minimum absolute atomic E-state index is 0. The fourth-order valence-corrected chi connectivity index (χ4v) is 10.3. The minimum Gasteiger partial charge on any atom is -0.456 e. The second-order valence-corrected chi connectivity index (χ2v) is 19.1. The van der Waals surface area contributed by atoms with Crippen LogP contribution in [-0.4, -0.2) is 15.0 Å². The van der Waals surface area contributed by atoms with E-state index >= 15 is 0 Å².